The van der Waals surface area contributed by atoms with Crippen molar-refractivity contribution in [1.29, 1.82) is 0 Å². The summed E-state index contributed by atoms with van der Waals surface area (Å²) in [5.74, 6) is -3.11. The SMILES string of the molecule is CCN1C(=O)N(CC)C(O)(c2cc(F)ccc2N2C(=O)c3ccccc3C2=O)C1=O. The van der Waals surface area contributed by atoms with E-state index in [-0.39, 0.29) is 35.5 Å². The Kier molecular flexibility index (Phi) is 4.43. The van der Waals surface area contributed by atoms with Crippen molar-refractivity contribution in [3.05, 3.63) is 65.0 Å². The molecular weight excluding hydrogens is 393 g/mol. The first kappa shape index (κ1) is 19.7. The first-order valence-corrected chi connectivity index (χ1v) is 9.41. The number of amides is 5. The molecule has 154 valence electrons. The number of hydrogen-bond acceptors (Lipinski definition) is 5. The Morgan fingerprint density at radius 2 is 1.53 bits per heavy atom. The molecule has 0 aromatic heterocycles. The maximum Gasteiger partial charge on any atom is 0.329 e. The molecule has 0 spiro atoms. The lowest BCUT2D eigenvalue weighted by Crippen LogP contribution is -2.48. The van der Waals surface area contributed by atoms with Crippen molar-refractivity contribution in [2.24, 2.45) is 0 Å². The molecule has 1 unspecified atom stereocenters. The Balaban J connectivity index is 1.93. The van der Waals surface area contributed by atoms with E-state index in [4.69, 9.17) is 0 Å². The maximum atomic E-state index is 14.2. The lowest BCUT2D eigenvalue weighted by Gasteiger charge is -2.32. The molecule has 30 heavy (non-hydrogen) atoms. The molecular formula is C21H18FN3O5. The predicted molar refractivity (Wildman–Crippen MR) is 103 cm³/mol. The number of aliphatic hydroxyl groups is 1. The number of urea groups is 1. The molecule has 0 saturated carbocycles. The van der Waals surface area contributed by atoms with Gasteiger partial charge in [-0.2, -0.15) is 0 Å². The zero-order chi connectivity index (χ0) is 21.8. The monoisotopic (exact) mass is 411 g/mol. The van der Waals surface area contributed by atoms with E-state index < -0.39 is 35.3 Å². The highest BCUT2D eigenvalue weighted by Gasteiger charge is 2.58. The molecule has 4 rings (SSSR count). The van der Waals surface area contributed by atoms with Gasteiger partial charge in [-0.1, -0.05) is 12.1 Å². The van der Waals surface area contributed by atoms with Crippen LogP contribution < -0.4 is 4.90 Å². The minimum absolute atomic E-state index is 0.00581. The summed E-state index contributed by atoms with van der Waals surface area (Å²) in [4.78, 5) is 54.0. The second kappa shape index (κ2) is 6.74. The molecule has 8 nitrogen and oxygen atoms in total. The molecule has 1 fully saturated rings. The standard InChI is InChI=1S/C21H18FN3O5/c1-3-23-19(28)21(30,24(4-2)20(23)29)15-11-12(22)9-10-16(15)25-17(26)13-7-5-6-8-14(13)18(25)27/h5-11,30H,3-4H2,1-2H3. The number of halogens is 1. The summed E-state index contributed by atoms with van der Waals surface area (Å²) in [5.41, 5.74) is -2.77. The number of anilines is 1. The molecule has 2 aliphatic heterocycles. The van der Waals surface area contributed by atoms with E-state index in [1.165, 1.54) is 12.1 Å². The van der Waals surface area contributed by atoms with E-state index in [1.54, 1.807) is 26.0 Å². The van der Waals surface area contributed by atoms with Crippen LogP contribution in [0, 0.1) is 5.82 Å². The highest BCUT2D eigenvalue weighted by Crippen LogP contribution is 2.42. The molecule has 2 aromatic rings. The van der Waals surface area contributed by atoms with Gasteiger partial charge < -0.3 is 5.11 Å². The second-order valence-corrected chi connectivity index (χ2v) is 6.90. The fourth-order valence-corrected chi connectivity index (χ4v) is 3.97. The zero-order valence-electron chi connectivity index (χ0n) is 16.3. The predicted octanol–water partition coefficient (Wildman–Crippen LogP) is 2.08. The van der Waals surface area contributed by atoms with Gasteiger partial charge in [0.25, 0.3) is 23.4 Å². The van der Waals surface area contributed by atoms with Crippen molar-refractivity contribution in [3.63, 3.8) is 0 Å². The van der Waals surface area contributed by atoms with Crippen LogP contribution in [0.25, 0.3) is 0 Å². The summed E-state index contributed by atoms with van der Waals surface area (Å²) in [6, 6.07) is 8.44. The number of carbonyl (C=O) groups excluding carboxylic acids is 4. The van der Waals surface area contributed by atoms with Crippen molar-refractivity contribution in [1.82, 2.24) is 9.80 Å². The topological polar surface area (TPSA) is 98.2 Å². The third-order valence-electron chi connectivity index (χ3n) is 5.40. The average molecular weight is 411 g/mol. The first-order valence-electron chi connectivity index (χ1n) is 9.41. The number of hydrogen-bond donors (Lipinski definition) is 1. The van der Waals surface area contributed by atoms with Crippen LogP contribution in [-0.4, -0.2) is 51.7 Å². The third-order valence-corrected chi connectivity index (χ3v) is 5.40. The van der Waals surface area contributed by atoms with Gasteiger partial charge in [-0.25, -0.2) is 14.1 Å². The number of likely N-dealkylation sites (N-methyl/N-ethyl adjacent to an activating group) is 2. The largest absolute Gasteiger partial charge is 0.359 e. The van der Waals surface area contributed by atoms with Gasteiger partial charge in [0, 0.05) is 18.7 Å². The van der Waals surface area contributed by atoms with Crippen molar-refractivity contribution in [2.45, 2.75) is 19.6 Å². The van der Waals surface area contributed by atoms with Crippen molar-refractivity contribution in [2.75, 3.05) is 18.0 Å². The van der Waals surface area contributed by atoms with Crippen LogP contribution in [0.1, 0.15) is 40.1 Å². The lowest BCUT2D eigenvalue weighted by molar-refractivity contribution is -0.154. The number of carbonyl (C=O) groups is 4. The fraction of sp³-hybridized carbons (Fsp3) is 0.238. The van der Waals surface area contributed by atoms with Crippen LogP contribution in [0.5, 0.6) is 0 Å². The van der Waals surface area contributed by atoms with E-state index in [9.17, 15) is 28.7 Å². The molecule has 0 aliphatic carbocycles. The van der Waals surface area contributed by atoms with Gasteiger partial charge >= 0.3 is 6.03 Å². The van der Waals surface area contributed by atoms with E-state index >= 15 is 0 Å². The van der Waals surface area contributed by atoms with Gasteiger partial charge in [0.05, 0.1) is 16.8 Å². The van der Waals surface area contributed by atoms with Crippen LogP contribution in [0.3, 0.4) is 0 Å². The Hall–Kier alpha value is -3.59. The summed E-state index contributed by atoms with van der Waals surface area (Å²) < 4.78 is 14.2. The molecule has 1 atom stereocenters. The van der Waals surface area contributed by atoms with E-state index in [0.29, 0.717) is 0 Å². The third kappa shape index (κ3) is 2.42. The fourth-order valence-electron chi connectivity index (χ4n) is 3.97. The second-order valence-electron chi connectivity index (χ2n) is 6.90. The molecule has 9 heteroatoms. The summed E-state index contributed by atoms with van der Waals surface area (Å²) in [6.07, 6.45) is 0. The normalized spacial score (nSPS) is 21.1. The minimum atomic E-state index is -2.56. The molecule has 1 N–H and O–H groups in total. The molecule has 2 aromatic carbocycles. The van der Waals surface area contributed by atoms with Crippen LogP contribution in [0.15, 0.2) is 42.5 Å². The number of nitrogens with zero attached hydrogens (tertiary/aromatic N) is 3. The van der Waals surface area contributed by atoms with Gasteiger partial charge in [-0.15, -0.1) is 0 Å². The molecule has 2 aliphatic rings. The van der Waals surface area contributed by atoms with Crippen molar-refractivity contribution >= 4 is 29.4 Å². The summed E-state index contributed by atoms with van der Waals surface area (Å²) in [5, 5.41) is 11.4. The highest BCUT2D eigenvalue weighted by atomic mass is 19.1. The van der Waals surface area contributed by atoms with Crippen LogP contribution in [0.2, 0.25) is 0 Å². The summed E-state index contributed by atoms with van der Waals surface area (Å²) in [6.45, 7) is 3.05. The highest BCUT2D eigenvalue weighted by molar-refractivity contribution is 6.34. The number of imide groups is 2. The van der Waals surface area contributed by atoms with Crippen LogP contribution in [-0.2, 0) is 10.5 Å². The van der Waals surface area contributed by atoms with Crippen molar-refractivity contribution < 1.29 is 28.7 Å². The smallest absolute Gasteiger partial charge is 0.329 e. The quantitative estimate of drug-likeness (QED) is 0.614. The van der Waals surface area contributed by atoms with Gasteiger partial charge in [-0.05, 0) is 44.2 Å². The lowest BCUT2D eigenvalue weighted by atomic mass is 9.97. The molecule has 2 heterocycles. The van der Waals surface area contributed by atoms with Gasteiger partial charge in [0.1, 0.15) is 5.82 Å². The maximum absolute atomic E-state index is 14.2. The Morgan fingerprint density at radius 1 is 0.933 bits per heavy atom. The average Bonchev–Trinajstić information content (AvgIpc) is 3.10. The van der Waals surface area contributed by atoms with E-state index in [1.807, 2.05) is 0 Å². The Morgan fingerprint density at radius 3 is 2.07 bits per heavy atom. The van der Waals surface area contributed by atoms with Crippen LogP contribution in [0.4, 0.5) is 14.9 Å². The van der Waals surface area contributed by atoms with Crippen LogP contribution >= 0.6 is 0 Å². The summed E-state index contributed by atoms with van der Waals surface area (Å²) in [7, 11) is 0. The molecule has 1 saturated heterocycles. The summed E-state index contributed by atoms with van der Waals surface area (Å²) >= 11 is 0. The minimum Gasteiger partial charge on any atom is -0.359 e. The Labute approximate surface area is 171 Å². The van der Waals surface area contributed by atoms with E-state index in [2.05, 4.69) is 0 Å². The number of fused-ring (bicyclic) bond motifs is 1. The number of rotatable bonds is 4. The molecule has 0 bridgehead atoms. The van der Waals surface area contributed by atoms with Gasteiger partial charge in [0.2, 0.25) is 0 Å². The van der Waals surface area contributed by atoms with Gasteiger partial charge in [-0.3, -0.25) is 24.2 Å². The Bertz CT molecular complexity index is 1080. The van der Waals surface area contributed by atoms with Gasteiger partial charge in [0.15, 0.2) is 0 Å². The first-order chi connectivity index (χ1) is 14.3. The molecule has 0 radical (unpaired) electrons. The van der Waals surface area contributed by atoms with Crippen molar-refractivity contribution in [3.8, 4) is 0 Å². The van der Waals surface area contributed by atoms with E-state index in [0.717, 1.165) is 32.9 Å². The molecule has 5 amide bonds. The zero-order valence-corrected chi connectivity index (χ0v) is 16.3. The number of benzene rings is 2.